The van der Waals surface area contributed by atoms with E-state index in [4.69, 9.17) is 11.6 Å². The minimum absolute atomic E-state index is 0.233. The maximum atomic E-state index is 9.22. The molecule has 0 saturated carbocycles. The van der Waals surface area contributed by atoms with Crippen LogP contribution < -0.4 is 10.6 Å². The van der Waals surface area contributed by atoms with Crippen molar-refractivity contribution in [2.75, 3.05) is 17.2 Å². The molecule has 0 aliphatic carbocycles. The maximum absolute atomic E-state index is 9.22. The molecular weight excluding hydrogens is 250 g/mol. The van der Waals surface area contributed by atoms with E-state index in [-0.39, 0.29) is 5.75 Å². The Kier molecular flexibility index (Phi) is 3.89. The molecule has 0 unspecified atom stereocenters. The summed E-state index contributed by atoms with van der Waals surface area (Å²) in [6.07, 6.45) is 1.59. The highest BCUT2D eigenvalue weighted by molar-refractivity contribution is 6.30. The van der Waals surface area contributed by atoms with Gasteiger partial charge in [0, 0.05) is 18.4 Å². The van der Waals surface area contributed by atoms with E-state index in [9.17, 15) is 5.11 Å². The Morgan fingerprint density at radius 1 is 1.28 bits per heavy atom. The van der Waals surface area contributed by atoms with Crippen molar-refractivity contribution in [2.24, 2.45) is 0 Å². The van der Waals surface area contributed by atoms with Gasteiger partial charge in [0.25, 0.3) is 0 Å². The number of aromatic hydroxyl groups is 1. The second-order valence-electron chi connectivity index (χ2n) is 3.75. The van der Waals surface area contributed by atoms with Crippen LogP contribution in [-0.2, 0) is 0 Å². The molecule has 94 valence electrons. The summed E-state index contributed by atoms with van der Waals surface area (Å²) in [7, 11) is 0. The number of nitrogens with one attached hydrogen (secondary N) is 2. The van der Waals surface area contributed by atoms with Crippen molar-refractivity contribution < 1.29 is 5.11 Å². The van der Waals surface area contributed by atoms with Crippen molar-refractivity contribution in [1.82, 2.24) is 4.98 Å². The van der Waals surface area contributed by atoms with Gasteiger partial charge in [-0.15, -0.1) is 0 Å². The Morgan fingerprint density at radius 2 is 2.00 bits per heavy atom. The number of hydrogen-bond donors (Lipinski definition) is 3. The number of phenolic OH excluding ortho intramolecular Hbond substituents is 1. The molecule has 18 heavy (non-hydrogen) atoms. The summed E-state index contributed by atoms with van der Waals surface area (Å²) in [6.45, 7) is 2.79. The number of pyridine rings is 1. The maximum Gasteiger partial charge on any atom is 0.153 e. The number of aromatic nitrogens is 1. The summed E-state index contributed by atoms with van der Waals surface area (Å²) in [5.74, 6) is 0.934. The van der Waals surface area contributed by atoms with Crippen LogP contribution in [0.3, 0.4) is 0 Å². The smallest absolute Gasteiger partial charge is 0.153 e. The monoisotopic (exact) mass is 263 g/mol. The number of hydrogen-bond acceptors (Lipinski definition) is 4. The molecule has 1 heterocycles. The summed E-state index contributed by atoms with van der Waals surface area (Å²) in [5, 5.41) is 16.2. The standard InChI is InChI=1S/C13H14ClN3O/c1-2-15-12-7-9(14)8-16-13(12)17-10-3-5-11(18)6-4-10/h3-8,15,18H,2H2,1H3,(H,16,17). The molecule has 0 amide bonds. The third kappa shape index (κ3) is 3.05. The third-order valence-corrected chi connectivity index (χ3v) is 2.56. The van der Waals surface area contributed by atoms with Gasteiger partial charge < -0.3 is 15.7 Å². The minimum atomic E-state index is 0.233. The predicted octanol–water partition coefficient (Wildman–Crippen LogP) is 3.62. The van der Waals surface area contributed by atoms with Crippen molar-refractivity contribution in [1.29, 1.82) is 0 Å². The van der Waals surface area contributed by atoms with Crippen molar-refractivity contribution >= 4 is 28.8 Å². The number of rotatable bonds is 4. The summed E-state index contributed by atoms with van der Waals surface area (Å²) in [4.78, 5) is 4.25. The number of nitrogens with zero attached hydrogens (tertiary/aromatic N) is 1. The fraction of sp³-hybridized carbons (Fsp3) is 0.154. The van der Waals surface area contributed by atoms with Gasteiger partial charge in [0.2, 0.25) is 0 Å². The zero-order valence-electron chi connectivity index (χ0n) is 9.94. The van der Waals surface area contributed by atoms with Gasteiger partial charge >= 0.3 is 0 Å². The minimum Gasteiger partial charge on any atom is -0.508 e. The largest absolute Gasteiger partial charge is 0.508 e. The van der Waals surface area contributed by atoms with Crippen molar-refractivity contribution in [2.45, 2.75) is 6.92 Å². The van der Waals surface area contributed by atoms with E-state index in [1.54, 1.807) is 30.5 Å². The Morgan fingerprint density at radius 3 is 2.67 bits per heavy atom. The summed E-state index contributed by atoms with van der Waals surface area (Å²) in [6, 6.07) is 8.61. The molecule has 0 saturated heterocycles. The average molecular weight is 264 g/mol. The molecule has 1 aromatic heterocycles. The average Bonchev–Trinajstić information content (AvgIpc) is 2.36. The van der Waals surface area contributed by atoms with Gasteiger partial charge in [0.05, 0.1) is 10.7 Å². The van der Waals surface area contributed by atoms with Gasteiger partial charge in [-0.3, -0.25) is 0 Å². The first-order valence-corrected chi connectivity index (χ1v) is 6.02. The molecule has 2 rings (SSSR count). The van der Waals surface area contributed by atoms with Crippen molar-refractivity contribution in [3.63, 3.8) is 0 Å². The highest BCUT2D eigenvalue weighted by Crippen LogP contribution is 2.26. The second kappa shape index (κ2) is 5.60. The van der Waals surface area contributed by atoms with Gasteiger partial charge in [-0.1, -0.05) is 11.6 Å². The summed E-state index contributed by atoms with van der Waals surface area (Å²) < 4.78 is 0. The molecule has 0 fully saturated rings. The molecule has 0 aliphatic heterocycles. The van der Waals surface area contributed by atoms with Crippen molar-refractivity contribution in [3.8, 4) is 5.75 Å². The van der Waals surface area contributed by atoms with Gasteiger partial charge in [-0.05, 0) is 37.3 Å². The first kappa shape index (κ1) is 12.5. The quantitative estimate of drug-likeness (QED) is 0.738. The molecule has 5 heteroatoms. The molecule has 2 aromatic rings. The van der Waals surface area contributed by atoms with Crippen LogP contribution in [0.1, 0.15) is 6.92 Å². The highest BCUT2D eigenvalue weighted by Gasteiger charge is 2.04. The molecular formula is C13H14ClN3O. The molecule has 0 spiro atoms. The predicted molar refractivity (Wildman–Crippen MR) is 74.8 cm³/mol. The topological polar surface area (TPSA) is 57.2 Å². The third-order valence-electron chi connectivity index (χ3n) is 2.35. The number of anilines is 3. The molecule has 3 N–H and O–H groups in total. The Hall–Kier alpha value is -1.94. The fourth-order valence-corrected chi connectivity index (χ4v) is 1.70. The van der Waals surface area contributed by atoms with Crippen LogP contribution in [0.25, 0.3) is 0 Å². The molecule has 0 aliphatic rings. The van der Waals surface area contributed by atoms with Crippen LogP contribution in [0.5, 0.6) is 5.75 Å². The normalized spacial score (nSPS) is 10.1. The lowest BCUT2D eigenvalue weighted by atomic mass is 10.3. The number of phenols is 1. The van der Waals surface area contributed by atoms with E-state index < -0.39 is 0 Å². The zero-order valence-corrected chi connectivity index (χ0v) is 10.7. The number of halogens is 1. The van der Waals surface area contributed by atoms with E-state index in [0.717, 1.165) is 17.9 Å². The Balaban J connectivity index is 2.25. The lowest BCUT2D eigenvalue weighted by Gasteiger charge is -2.12. The van der Waals surface area contributed by atoms with E-state index in [0.29, 0.717) is 10.8 Å². The fourth-order valence-electron chi connectivity index (χ4n) is 1.55. The molecule has 1 aromatic carbocycles. The lowest BCUT2D eigenvalue weighted by Crippen LogP contribution is -2.03. The first-order valence-electron chi connectivity index (χ1n) is 5.64. The van der Waals surface area contributed by atoms with Crippen LogP contribution in [0.4, 0.5) is 17.2 Å². The lowest BCUT2D eigenvalue weighted by molar-refractivity contribution is 0.475. The highest BCUT2D eigenvalue weighted by atomic mass is 35.5. The second-order valence-corrected chi connectivity index (χ2v) is 4.19. The Bertz CT molecular complexity index is 528. The van der Waals surface area contributed by atoms with Crippen molar-refractivity contribution in [3.05, 3.63) is 41.6 Å². The molecule has 0 bridgehead atoms. The van der Waals surface area contributed by atoms with Crippen LogP contribution >= 0.6 is 11.6 Å². The summed E-state index contributed by atoms with van der Waals surface area (Å²) in [5.41, 5.74) is 1.69. The van der Waals surface area contributed by atoms with Crippen LogP contribution in [-0.4, -0.2) is 16.6 Å². The van der Waals surface area contributed by atoms with Crippen LogP contribution in [0, 0.1) is 0 Å². The van der Waals surface area contributed by atoms with E-state index in [1.165, 1.54) is 0 Å². The number of benzene rings is 1. The van der Waals surface area contributed by atoms with Gasteiger partial charge in [0.15, 0.2) is 5.82 Å². The Labute approximate surface area is 111 Å². The first-order chi connectivity index (χ1) is 8.69. The van der Waals surface area contributed by atoms with Gasteiger partial charge in [-0.25, -0.2) is 4.98 Å². The molecule has 0 radical (unpaired) electrons. The summed E-state index contributed by atoms with van der Waals surface area (Å²) >= 11 is 5.91. The van der Waals surface area contributed by atoms with Gasteiger partial charge in [0.1, 0.15) is 5.75 Å². The van der Waals surface area contributed by atoms with Crippen LogP contribution in [0.2, 0.25) is 5.02 Å². The van der Waals surface area contributed by atoms with E-state index in [2.05, 4.69) is 15.6 Å². The SMILES string of the molecule is CCNc1cc(Cl)cnc1Nc1ccc(O)cc1. The molecule has 4 nitrogen and oxygen atoms in total. The zero-order chi connectivity index (χ0) is 13.0. The van der Waals surface area contributed by atoms with Crippen LogP contribution in [0.15, 0.2) is 36.5 Å². The molecule has 0 atom stereocenters. The van der Waals surface area contributed by atoms with E-state index >= 15 is 0 Å². The van der Waals surface area contributed by atoms with Gasteiger partial charge in [-0.2, -0.15) is 0 Å². The van der Waals surface area contributed by atoms with E-state index in [1.807, 2.05) is 13.0 Å².